The molecule has 128 valence electrons. The lowest BCUT2D eigenvalue weighted by atomic mass is 9.88. The lowest BCUT2D eigenvalue weighted by Crippen LogP contribution is -2.46. The Morgan fingerprint density at radius 3 is 2.79 bits per heavy atom. The van der Waals surface area contributed by atoms with Crippen LogP contribution in [0.4, 0.5) is 4.79 Å². The predicted octanol–water partition coefficient (Wildman–Crippen LogP) is 3.21. The average Bonchev–Trinajstić information content (AvgIpc) is 3.09. The quantitative estimate of drug-likeness (QED) is 0.875. The van der Waals surface area contributed by atoms with Gasteiger partial charge in [0.05, 0.1) is 6.04 Å². The van der Waals surface area contributed by atoms with Crippen LogP contribution in [0.1, 0.15) is 29.2 Å². The van der Waals surface area contributed by atoms with Crippen LogP contribution in [0.2, 0.25) is 0 Å². The minimum atomic E-state index is -0.0681. The van der Waals surface area contributed by atoms with Gasteiger partial charge in [0.15, 0.2) is 0 Å². The van der Waals surface area contributed by atoms with Gasteiger partial charge >= 0.3 is 6.03 Å². The number of carbonyl (C=O) groups excluding carboxylic acids is 1. The number of likely N-dealkylation sites (N-methyl/N-ethyl adjacent to an activating group) is 1. The molecule has 0 saturated heterocycles. The third-order valence-corrected chi connectivity index (χ3v) is 5.39. The van der Waals surface area contributed by atoms with Crippen molar-refractivity contribution in [2.24, 2.45) is 0 Å². The van der Waals surface area contributed by atoms with Crippen LogP contribution < -0.4 is 10.6 Å². The van der Waals surface area contributed by atoms with E-state index in [2.05, 4.69) is 56.6 Å². The highest BCUT2D eigenvalue weighted by Gasteiger charge is 2.21. The van der Waals surface area contributed by atoms with Gasteiger partial charge in [-0.3, -0.25) is 0 Å². The summed E-state index contributed by atoms with van der Waals surface area (Å²) < 4.78 is 0. The summed E-state index contributed by atoms with van der Waals surface area (Å²) in [6.45, 7) is 0.610. The van der Waals surface area contributed by atoms with Gasteiger partial charge in [0.1, 0.15) is 0 Å². The van der Waals surface area contributed by atoms with Gasteiger partial charge in [-0.05, 0) is 66.9 Å². The largest absolute Gasteiger partial charge is 0.336 e. The molecule has 1 heterocycles. The van der Waals surface area contributed by atoms with Crippen LogP contribution in [0.5, 0.6) is 0 Å². The molecular formula is C19H25N3OS. The van der Waals surface area contributed by atoms with Crippen molar-refractivity contribution in [2.45, 2.75) is 31.3 Å². The van der Waals surface area contributed by atoms with Gasteiger partial charge in [0.2, 0.25) is 0 Å². The molecule has 0 unspecified atom stereocenters. The zero-order valence-corrected chi connectivity index (χ0v) is 15.1. The highest BCUT2D eigenvalue weighted by molar-refractivity contribution is 7.07. The van der Waals surface area contributed by atoms with Gasteiger partial charge < -0.3 is 15.5 Å². The molecule has 4 nitrogen and oxygen atoms in total. The molecule has 2 atom stereocenters. The first-order valence-electron chi connectivity index (χ1n) is 8.43. The molecule has 1 aliphatic rings. The van der Waals surface area contributed by atoms with Gasteiger partial charge in [0.25, 0.3) is 0 Å². The van der Waals surface area contributed by atoms with Gasteiger partial charge in [-0.1, -0.05) is 24.3 Å². The van der Waals surface area contributed by atoms with Crippen molar-refractivity contribution >= 4 is 17.4 Å². The molecule has 0 bridgehead atoms. The molecule has 1 aliphatic carbocycles. The number of hydrogen-bond donors (Lipinski definition) is 2. The van der Waals surface area contributed by atoms with Crippen LogP contribution in [0.25, 0.3) is 0 Å². The van der Waals surface area contributed by atoms with Gasteiger partial charge in [-0.15, -0.1) is 0 Å². The molecule has 0 fully saturated rings. The topological polar surface area (TPSA) is 44.4 Å². The van der Waals surface area contributed by atoms with Gasteiger partial charge in [-0.25, -0.2) is 4.79 Å². The molecule has 3 rings (SSSR count). The summed E-state index contributed by atoms with van der Waals surface area (Å²) in [7, 11) is 4.08. The Morgan fingerprint density at radius 2 is 2.08 bits per heavy atom. The number of nitrogens with one attached hydrogen (secondary N) is 2. The Labute approximate surface area is 147 Å². The minimum absolute atomic E-state index is 0.0681. The number of nitrogens with zero attached hydrogens (tertiary/aromatic N) is 1. The molecule has 0 radical (unpaired) electrons. The first-order chi connectivity index (χ1) is 11.6. The number of amides is 2. The smallest absolute Gasteiger partial charge is 0.315 e. The van der Waals surface area contributed by atoms with Crippen LogP contribution in [0.15, 0.2) is 41.1 Å². The van der Waals surface area contributed by atoms with Gasteiger partial charge in [-0.2, -0.15) is 11.3 Å². The summed E-state index contributed by atoms with van der Waals surface area (Å²) in [5.41, 5.74) is 4.02. The maximum atomic E-state index is 12.3. The van der Waals surface area contributed by atoms with Crippen LogP contribution >= 0.6 is 11.3 Å². The molecule has 24 heavy (non-hydrogen) atoms. The highest BCUT2D eigenvalue weighted by atomic mass is 32.1. The Hall–Kier alpha value is -1.85. The molecule has 0 spiro atoms. The number of benzene rings is 1. The van der Waals surface area contributed by atoms with Crippen molar-refractivity contribution in [3.05, 3.63) is 57.8 Å². The van der Waals surface area contributed by atoms with E-state index in [4.69, 9.17) is 0 Å². The number of fused-ring (bicyclic) bond motifs is 1. The fraction of sp³-hybridized carbons (Fsp3) is 0.421. The van der Waals surface area contributed by atoms with Crippen LogP contribution in [-0.4, -0.2) is 37.6 Å². The van der Waals surface area contributed by atoms with Crippen LogP contribution in [-0.2, 0) is 12.8 Å². The predicted molar refractivity (Wildman–Crippen MR) is 99.5 cm³/mol. The normalized spacial score (nSPS) is 18.0. The molecule has 2 aromatic rings. The van der Waals surface area contributed by atoms with Crippen molar-refractivity contribution in [2.75, 3.05) is 20.6 Å². The van der Waals surface area contributed by atoms with Crippen molar-refractivity contribution in [3.8, 4) is 0 Å². The lowest BCUT2D eigenvalue weighted by Gasteiger charge is -2.27. The van der Waals surface area contributed by atoms with Crippen molar-refractivity contribution < 1.29 is 4.79 Å². The maximum absolute atomic E-state index is 12.3. The van der Waals surface area contributed by atoms with Crippen molar-refractivity contribution in [1.82, 2.24) is 15.5 Å². The van der Waals surface area contributed by atoms with E-state index in [1.807, 2.05) is 14.1 Å². The standard InChI is InChI=1S/C19H25N3OS/c1-22(2)18(16-9-10-24-13-16)12-20-19(23)21-17-8-7-14-5-3-4-6-15(14)11-17/h3-6,9-10,13,17-18H,7-8,11-12H2,1-2H3,(H2,20,21,23)/t17-,18+/m0/s1. The minimum Gasteiger partial charge on any atom is -0.336 e. The molecule has 5 heteroatoms. The lowest BCUT2D eigenvalue weighted by molar-refractivity contribution is 0.228. The zero-order valence-electron chi connectivity index (χ0n) is 14.3. The van der Waals surface area contributed by atoms with E-state index >= 15 is 0 Å². The van der Waals surface area contributed by atoms with Crippen LogP contribution in [0.3, 0.4) is 0 Å². The van der Waals surface area contributed by atoms with E-state index in [0.717, 1.165) is 19.3 Å². The molecule has 1 aromatic carbocycles. The monoisotopic (exact) mass is 343 g/mol. The molecule has 0 aliphatic heterocycles. The van der Waals surface area contributed by atoms with E-state index in [1.165, 1.54) is 16.7 Å². The molecule has 1 aromatic heterocycles. The second-order valence-corrected chi connectivity index (χ2v) is 7.38. The Morgan fingerprint density at radius 1 is 1.29 bits per heavy atom. The third-order valence-electron chi connectivity index (χ3n) is 4.69. The van der Waals surface area contributed by atoms with Crippen molar-refractivity contribution in [3.63, 3.8) is 0 Å². The second kappa shape index (κ2) is 7.81. The van der Waals surface area contributed by atoms with E-state index in [9.17, 15) is 4.79 Å². The molecular weight excluding hydrogens is 318 g/mol. The number of hydrogen-bond acceptors (Lipinski definition) is 3. The molecule has 0 saturated carbocycles. The molecule has 2 amide bonds. The number of aryl methyl sites for hydroxylation is 1. The summed E-state index contributed by atoms with van der Waals surface area (Å²) in [4.78, 5) is 14.4. The fourth-order valence-electron chi connectivity index (χ4n) is 3.31. The highest BCUT2D eigenvalue weighted by Crippen LogP contribution is 2.21. The summed E-state index contributed by atoms with van der Waals surface area (Å²) in [6, 6.07) is 11.0. The van der Waals surface area contributed by atoms with E-state index in [1.54, 1.807) is 11.3 Å². The Balaban J connectivity index is 1.51. The third kappa shape index (κ3) is 4.16. The zero-order chi connectivity index (χ0) is 16.9. The van der Waals surface area contributed by atoms with E-state index in [0.29, 0.717) is 6.54 Å². The number of rotatable bonds is 5. The summed E-state index contributed by atoms with van der Waals surface area (Å²) in [5.74, 6) is 0. The number of carbonyl (C=O) groups is 1. The number of thiophene rings is 1. The fourth-order valence-corrected chi connectivity index (χ4v) is 4.02. The van der Waals surface area contributed by atoms with Crippen molar-refractivity contribution in [1.29, 1.82) is 0 Å². The Bertz CT molecular complexity index is 669. The SMILES string of the molecule is CN(C)[C@H](CNC(=O)N[C@H]1CCc2ccccc2C1)c1ccsc1. The van der Waals surface area contributed by atoms with Gasteiger partial charge in [0, 0.05) is 12.6 Å². The molecule has 2 N–H and O–H groups in total. The summed E-state index contributed by atoms with van der Waals surface area (Å²) in [5, 5.41) is 10.4. The number of urea groups is 1. The van der Waals surface area contributed by atoms with E-state index < -0.39 is 0 Å². The van der Waals surface area contributed by atoms with Crippen LogP contribution in [0, 0.1) is 0 Å². The Kier molecular flexibility index (Phi) is 5.53. The average molecular weight is 343 g/mol. The maximum Gasteiger partial charge on any atom is 0.315 e. The first kappa shape index (κ1) is 17.0. The summed E-state index contributed by atoms with van der Waals surface area (Å²) in [6.07, 6.45) is 2.97. The van der Waals surface area contributed by atoms with E-state index in [-0.39, 0.29) is 18.1 Å². The second-order valence-electron chi connectivity index (χ2n) is 6.60. The first-order valence-corrected chi connectivity index (χ1v) is 9.37. The summed E-state index contributed by atoms with van der Waals surface area (Å²) >= 11 is 1.69.